The van der Waals surface area contributed by atoms with E-state index in [0.29, 0.717) is 0 Å². The Morgan fingerprint density at radius 1 is 1.33 bits per heavy atom. The maximum Gasteiger partial charge on any atom is 0.0562 e. The van der Waals surface area contributed by atoms with Crippen LogP contribution in [0.3, 0.4) is 0 Å². The van der Waals surface area contributed by atoms with Crippen LogP contribution in [0.15, 0.2) is 33.6 Å². The molecule has 0 saturated heterocycles. The minimum absolute atomic E-state index is 0.192. The van der Waals surface area contributed by atoms with Crippen LogP contribution >= 0.6 is 15.9 Å². The van der Waals surface area contributed by atoms with Crippen LogP contribution in [0.5, 0.6) is 0 Å². The molecular weight excluding hydrogens is 274 g/mol. The maximum absolute atomic E-state index is 12.5. The zero-order chi connectivity index (χ0) is 11.5. The van der Waals surface area contributed by atoms with Crippen molar-refractivity contribution in [3.63, 3.8) is 0 Å². The Kier molecular flexibility index (Phi) is 4.37. The summed E-state index contributed by atoms with van der Waals surface area (Å²) >= 11 is 3.36. The molecule has 0 spiro atoms. The van der Waals surface area contributed by atoms with Gasteiger partial charge in [0.25, 0.3) is 0 Å². The lowest BCUT2D eigenvalue weighted by atomic mass is 10.4. The van der Waals surface area contributed by atoms with Crippen molar-refractivity contribution in [1.29, 1.82) is 0 Å². The van der Waals surface area contributed by atoms with Crippen LogP contribution in [-0.4, -0.2) is 15.6 Å². The van der Waals surface area contributed by atoms with Gasteiger partial charge in [-0.25, -0.2) is 8.93 Å². The van der Waals surface area contributed by atoms with Crippen LogP contribution < -0.4 is 4.72 Å². The second kappa shape index (κ2) is 5.14. The molecule has 1 aromatic carbocycles. The topological polar surface area (TPSA) is 29.1 Å². The van der Waals surface area contributed by atoms with Crippen molar-refractivity contribution in [1.82, 2.24) is 4.72 Å². The summed E-state index contributed by atoms with van der Waals surface area (Å²) in [5, 5.41) is 1.73. The monoisotopic (exact) mass is 289 g/mol. The highest BCUT2D eigenvalue weighted by atomic mass is 79.9. The molecule has 1 unspecified atom stereocenters. The number of nitrogens with one attached hydrogen (secondary N) is 1. The number of rotatable bonds is 3. The summed E-state index contributed by atoms with van der Waals surface area (Å²) in [7, 11) is -2.22. The zero-order valence-corrected chi connectivity index (χ0v) is 11.6. The average molecular weight is 290 g/mol. The van der Waals surface area contributed by atoms with Gasteiger partial charge in [-0.3, -0.25) is 0 Å². The highest BCUT2D eigenvalue weighted by molar-refractivity contribution is 9.10. The van der Waals surface area contributed by atoms with Gasteiger partial charge in [0.2, 0.25) is 0 Å². The van der Waals surface area contributed by atoms with Gasteiger partial charge in [-0.1, -0.05) is 15.9 Å². The summed E-state index contributed by atoms with van der Waals surface area (Å²) in [5.74, 6) is 0. The van der Waals surface area contributed by atoms with Crippen molar-refractivity contribution in [2.24, 2.45) is 0 Å². The fourth-order valence-electron chi connectivity index (χ4n) is 1.26. The lowest BCUT2D eigenvalue weighted by molar-refractivity contribution is 0.653. The lowest BCUT2D eigenvalue weighted by Crippen LogP contribution is -2.31. The van der Waals surface area contributed by atoms with Gasteiger partial charge in [0.1, 0.15) is 0 Å². The van der Waals surface area contributed by atoms with Crippen LogP contribution in [-0.2, 0) is 9.71 Å². The van der Waals surface area contributed by atoms with E-state index >= 15 is 0 Å². The molecule has 4 heteroatoms. The van der Waals surface area contributed by atoms with E-state index in [0.717, 1.165) is 9.37 Å². The molecule has 0 saturated carbocycles. The molecule has 84 valence electrons. The summed E-state index contributed by atoms with van der Waals surface area (Å²) < 4.78 is 16.6. The van der Waals surface area contributed by atoms with E-state index < -0.39 is 9.71 Å². The molecule has 0 bridgehead atoms. The number of hydrogen-bond donors (Lipinski definition) is 1. The molecule has 1 N–H and O–H groups in total. The van der Waals surface area contributed by atoms with E-state index in [2.05, 4.69) is 20.7 Å². The molecule has 0 aliphatic rings. The summed E-state index contributed by atoms with van der Waals surface area (Å²) in [4.78, 5) is 0.821. The maximum atomic E-state index is 12.5. The number of halogens is 1. The van der Waals surface area contributed by atoms with Crippen LogP contribution in [0.1, 0.15) is 20.8 Å². The van der Waals surface area contributed by atoms with E-state index in [1.807, 2.05) is 45.0 Å². The van der Waals surface area contributed by atoms with Gasteiger partial charge in [-0.2, -0.15) is 0 Å². The molecule has 15 heavy (non-hydrogen) atoms. The molecule has 0 amide bonds. The minimum atomic E-state index is -2.22. The molecule has 1 aromatic rings. The van der Waals surface area contributed by atoms with Crippen LogP contribution in [0.4, 0.5) is 0 Å². The summed E-state index contributed by atoms with van der Waals surface area (Å²) in [5.41, 5.74) is 0. The molecule has 0 aliphatic heterocycles. The minimum Gasteiger partial charge on any atom is -0.248 e. The van der Waals surface area contributed by atoms with Crippen molar-refractivity contribution >= 4 is 31.0 Å². The van der Waals surface area contributed by atoms with Gasteiger partial charge in [0.05, 0.1) is 9.71 Å². The van der Waals surface area contributed by atoms with Crippen LogP contribution in [0.2, 0.25) is 0 Å². The predicted octanol–water partition coefficient (Wildman–Crippen LogP) is 2.83. The third-order valence-corrected chi connectivity index (χ3v) is 4.89. The smallest absolute Gasteiger partial charge is 0.0562 e. The Hall–Kier alpha value is -0.320. The van der Waals surface area contributed by atoms with Gasteiger partial charge in [-0.05, 0) is 50.4 Å². The van der Waals surface area contributed by atoms with E-state index in [4.69, 9.17) is 0 Å². The Morgan fingerprint density at radius 2 is 1.87 bits per heavy atom. The Labute approximate surface area is 100 Å². The van der Waals surface area contributed by atoms with Crippen molar-refractivity contribution in [3.05, 3.63) is 28.7 Å². The molecule has 1 rings (SSSR count). The Morgan fingerprint density at radius 3 is 2.27 bits per heavy atom. The van der Waals surface area contributed by atoms with Crippen molar-refractivity contribution in [3.8, 4) is 0 Å². The first-order valence-electron chi connectivity index (χ1n) is 4.84. The van der Waals surface area contributed by atoms with Gasteiger partial charge in [0, 0.05) is 15.4 Å². The molecule has 2 nitrogen and oxygen atoms in total. The molecule has 0 fully saturated rings. The second-order valence-electron chi connectivity index (χ2n) is 3.56. The van der Waals surface area contributed by atoms with Gasteiger partial charge >= 0.3 is 0 Å². The van der Waals surface area contributed by atoms with Gasteiger partial charge < -0.3 is 0 Å². The van der Waals surface area contributed by atoms with Crippen LogP contribution in [0.25, 0.3) is 0 Å². The first-order chi connectivity index (χ1) is 6.98. The summed E-state index contributed by atoms with van der Waals surface area (Å²) in [6.45, 7) is 5.80. The predicted molar refractivity (Wildman–Crippen MR) is 70.6 cm³/mol. The van der Waals surface area contributed by atoms with Crippen molar-refractivity contribution in [2.75, 3.05) is 0 Å². The van der Waals surface area contributed by atoms with E-state index in [9.17, 15) is 4.21 Å². The van der Waals surface area contributed by atoms with E-state index in [-0.39, 0.29) is 6.04 Å². The molecular formula is C11H16BrNOS. The fourth-order valence-corrected chi connectivity index (χ4v) is 3.31. The zero-order valence-electron chi connectivity index (χ0n) is 9.16. The normalized spacial score (nSPS) is 15.0. The highest BCUT2D eigenvalue weighted by Crippen LogP contribution is 2.15. The average Bonchev–Trinajstić information content (AvgIpc) is 2.17. The molecule has 1 atom stereocenters. The Balaban J connectivity index is 3.13. The molecule has 0 aromatic heterocycles. The second-order valence-corrected chi connectivity index (χ2v) is 6.86. The van der Waals surface area contributed by atoms with E-state index in [1.165, 1.54) is 0 Å². The standard InChI is InChI=1S/C11H16BrNOS/c1-4-15(14,13-9(2)3)11-7-5-10(12)6-8-11/h4-9H,1-3H3,(H,13,14). The van der Waals surface area contributed by atoms with Gasteiger partial charge in [0.15, 0.2) is 0 Å². The molecule has 0 radical (unpaired) electrons. The first-order valence-corrected chi connectivity index (χ1v) is 7.26. The van der Waals surface area contributed by atoms with E-state index in [1.54, 1.807) is 5.37 Å². The third kappa shape index (κ3) is 3.33. The molecule has 0 aliphatic carbocycles. The SMILES string of the molecule is CC=S(=O)(NC(C)C)c1ccc(Br)cc1. The third-order valence-electron chi connectivity index (χ3n) is 1.91. The summed E-state index contributed by atoms with van der Waals surface area (Å²) in [6.07, 6.45) is 0. The fraction of sp³-hybridized carbons (Fsp3) is 0.364. The lowest BCUT2D eigenvalue weighted by Gasteiger charge is -2.15. The van der Waals surface area contributed by atoms with Gasteiger partial charge in [-0.15, -0.1) is 0 Å². The number of benzene rings is 1. The summed E-state index contributed by atoms with van der Waals surface area (Å²) in [6, 6.07) is 7.75. The highest BCUT2D eigenvalue weighted by Gasteiger charge is 2.10. The van der Waals surface area contributed by atoms with Crippen molar-refractivity contribution < 1.29 is 4.21 Å². The first kappa shape index (κ1) is 12.7. The largest absolute Gasteiger partial charge is 0.248 e. The van der Waals surface area contributed by atoms with Crippen molar-refractivity contribution in [2.45, 2.75) is 31.7 Å². The molecule has 0 heterocycles. The number of hydrogen-bond acceptors (Lipinski definition) is 1. The quantitative estimate of drug-likeness (QED) is 0.852. The van der Waals surface area contributed by atoms with Crippen LogP contribution in [0, 0.1) is 0 Å². The Bertz CT molecular complexity index is 430.